The first-order chi connectivity index (χ1) is 9.56. The van der Waals surface area contributed by atoms with E-state index in [9.17, 15) is 0 Å². The van der Waals surface area contributed by atoms with Crippen molar-refractivity contribution < 1.29 is 9.47 Å². The van der Waals surface area contributed by atoms with Crippen molar-refractivity contribution in [2.45, 2.75) is 38.8 Å². The Morgan fingerprint density at radius 3 is 2.90 bits per heavy atom. The lowest BCUT2D eigenvalue weighted by Crippen LogP contribution is -2.51. The molecule has 0 saturated carbocycles. The first-order valence-corrected chi connectivity index (χ1v) is 7.05. The smallest absolute Gasteiger partial charge is 0.231 e. The van der Waals surface area contributed by atoms with E-state index in [1.54, 1.807) is 0 Å². The maximum Gasteiger partial charge on any atom is 0.231 e. The Kier molecular flexibility index (Phi) is 3.00. The zero-order chi connectivity index (χ0) is 14.3. The second-order valence-electron chi connectivity index (χ2n) is 5.64. The van der Waals surface area contributed by atoms with E-state index in [1.807, 2.05) is 12.1 Å². The van der Waals surface area contributed by atoms with E-state index in [0.717, 1.165) is 23.5 Å². The minimum atomic E-state index is -0.222. The first kappa shape index (κ1) is 13.1. The van der Waals surface area contributed by atoms with E-state index in [-0.39, 0.29) is 5.54 Å². The van der Waals surface area contributed by atoms with Crippen LogP contribution in [0.1, 0.15) is 32.8 Å². The Morgan fingerprint density at radius 2 is 2.15 bits per heavy atom. The van der Waals surface area contributed by atoms with E-state index in [0.29, 0.717) is 25.3 Å². The summed E-state index contributed by atoms with van der Waals surface area (Å²) in [5.41, 5.74) is 7.04. The van der Waals surface area contributed by atoms with E-state index in [4.69, 9.17) is 15.2 Å². The summed E-state index contributed by atoms with van der Waals surface area (Å²) >= 11 is 0. The summed E-state index contributed by atoms with van der Waals surface area (Å²) in [5.74, 6) is 2.23. The molecule has 2 atom stereocenters. The molecule has 0 aliphatic carbocycles. The highest BCUT2D eigenvalue weighted by atomic mass is 16.7. The third kappa shape index (κ3) is 1.80. The molecule has 3 rings (SSSR count). The molecule has 0 saturated heterocycles. The lowest BCUT2D eigenvalue weighted by molar-refractivity contribution is 0.168. The lowest BCUT2D eigenvalue weighted by Gasteiger charge is -2.40. The molecule has 0 bridgehead atoms. The first-order valence-electron chi connectivity index (χ1n) is 7.05. The third-order valence-corrected chi connectivity index (χ3v) is 4.35. The van der Waals surface area contributed by atoms with Crippen LogP contribution in [-0.2, 0) is 5.54 Å². The maximum absolute atomic E-state index is 6.10. The van der Waals surface area contributed by atoms with Gasteiger partial charge >= 0.3 is 0 Å². The number of rotatable bonds is 3. The number of fused-ring (bicyclic) bond motifs is 1. The third-order valence-electron chi connectivity index (χ3n) is 4.35. The van der Waals surface area contributed by atoms with Gasteiger partial charge in [-0.2, -0.15) is 0 Å². The maximum atomic E-state index is 6.10. The molecule has 5 heteroatoms. The average Bonchev–Trinajstić information content (AvgIpc) is 3.03. The van der Waals surface area contributed by atoms with Crippen LogP contribution in [0.15, 0.2) is 23.2 Å². The molecule has 1 aromatic carbocycles. The highest BCUT2D eigenvalue weighted by Gasteiger charge is 2.42. The van der Waals surface area contributed by atoms with Crippen molar-refractivity contribution in [2.24, 2.45) is 10.7 Å². The molecule has 2 unspecified atom stereocenters. The molecule has 2 aliphatic heterocycles. The quantitative estimate of drug-likeness (QED) is 0.917. The molecular weight excluding hydrogens is 254 g/mol. The van der Waals surface area contributed by atoms with Crippen molar-refractivity contribution >= 4 is 5.96 Å². The number of nitrogens with two attached hydrogens (primary N) is 1. The number of hydrogen-bond donors (Lipinski definition) is 1. The highest BCUT2D eigenvalue weighted by Crippen LogP contribution is 2.40. The van der Waals surface area contributed by atoms with Crippen LogP contribution < -0.4 is 15.2 Å². The van der Waals surface area contributed by atoms with Crippen LogP contribution in [-0.4, -0.2) is 30.2 Å². The van der Waals surface area contributed by atoms with Gasteiger partial charge < -0.3 is 20.1 Å². The van der Waals surface area contributed by atoms with Crippen molar-refractivity contribution in [3.05, 3.63) is 23.8 Å². The van der Waals surface area contributed by atoms with Gasteiger partial charge in [0, 0.05) is 6.04 Å². The van der Waals surface area contributed by atoms with Gasteiger partial charge in [0.25, 0.3) is 0 Å². The minimum absolute atomic E-state index is 0.222. The molecule has 2 aliphatic rings. The Bertz CT molecular complexity index is 558. The predicted octanol–water partition coefficient (Wildman–Crippen LogP) is 2.06. The molecule has 0 spiro atoms. The summed E-state index contributed by atoms with van der Waals surface area (Å²) in [6.07, 6.45) is 1.02. The fourth-order valence-electron chi connectivity index (χ4n) is 3.00. The summed E-state index contributed by atoms with van der Waals surface area (Å²) < 4.78 is 10.9. The van der Waals surface area contributed by atoms with Crippen LogP contribution in [0.25, 0.3) is 0 Å². The molecule has 20 heavy (non-hydrogen) atoms. The van der Waals surface area contributed by atoms with E-state index < -0.39 is 0 Å². The number of aliphatic imine (C=N–C) groups is 1. The molecule has 0 fully saturated rings. The Balaban J connectivity index is 1.99. The second kappa shape index (κ2) is 4.58. The van der Waals surface area contributed by atoms with Crippen LogP contribution in [0.5, 0.6) is 11.5 Å². The molecule has 2 N–H and O–H groups in total. The van der Waals surface area contributed by atoms with E-state index in [2.05, 4.69) is 36.7 Å². The SMILES string of the molecule is CCC(C)N1C(N)=NCC1(C)c1ccc2c(c1)OCO2. The summed E-state index contributed by atoms with van der Waals surface area (Å²) in [6.45, 7) is 7.49. The predicted molar refractivity (Wildman–Crippen MR) is 78.0 cm³/mol. The minimum Gasteiger partial charge on any atom is -0.454 e. The summed E-state index contributed by atoms with van der Waals surface area (Å²) in [4.78, 5) is 6.67. The Labute approximate surface area is 119 Å². The topological polar surface area (TPSA) is 60.1 Å². The number of nitrogens with zero attached hydrogens (tertiary/aromatic N) is 2. The molecule has 0 amide bonds. The molecule has 2 heterocycles. The van der Waals surface area contributed by atoms with Crippen molar-refractivity contribution in [3.63, 3.8) is 0 Å². The van der Waals surface area contributed by atoms with Crippen LogP contribution in [0.4, 0.5) is 0 Å². The van der Waals surface area contributed by atoms with Gasteiger partial charge in [0.15, 0.2) is 17.5 Å². The van der Waals surface area contributed by atoms with Crippen LogP contribution in [0.2, 0.25) is 0 Å². The normalized spacial score (nSPS) is 25.8. The highest BCUT2D eigenvalue weighted by molar-refractivity contribution is 5.81. The molecule has 1 aromatic rings. The summed E-state index contributed by atoms with van der Waals surface area (Å²) in [6, 6.07) is 6.44. The molecule has 5 nitrogen and oxygen atoms in total. The molecule has 0 aromatic heterocycles. The fraction of sp³-hybridized carbons (Fsp3) is 0.533. The molecule has 0 radical (unpaired) electrons. The Hall–Kier alpha value is -1.91. The van der Waals surface area contributed by atoms with Crippen LogP contribution in [0.3, 0.4) is 0 Å². The molecular formula is C15H21N3O2. The number of guanidine groups is 1. The second-order valence-corrected chi connectivity index (χ2v) is 5.64. The van der Waals surface area contributed by atoms with Gasteiger partial charge in [0.2, 0.25) is 6.79 Å². The zero-order valence-corrected chi connectivity index (χ0v) is 12.2. The van der Waals surface area contributed by atoms with Crippen LogP contribution >= 0.6 is 0 Å². The summed E-state index contributed by atoms with van der Waals surface area (Å²) in [5, 5.41) is 0. The van der Waals surface area contributed by atoms with Crippen LogP contribution in [0, 0.1) is 0 Å². The van der Waals surface area contributed by atoms with E-state index >= 15 is 0 Å². The number of ether oxygens (including phenoxy) is 2. The number of hydrogen-bond acceptors (Lipinski definition) is 5. The fourth-order valence-corrected chi connectivity index (χ4v) is 3.00. The molecule has 108 valence electrons. The van der Waals surface area contributed by atoms with Crippen molar-refractivity contribution in [1.29, 1.82) is 0 Å². The van der Waals surface area contributed by atoms with Crippen molar-refractivity contribution in [1.82, 2.24) is 4.90 Å². The number of benzene rings is 1. The summed E-state index contributed by atoms with van der Waals surface area (Å²) in [7, 11) is 0. The van der Waals surface area contributed by atoms with Gasteiger partial charge in [-0.3, -0.25) is 4.99 Å². The monoisotopic (exact) mass is 275 g/mol. The van der Waals surface area contributed by atoms with E-state index in [1.165, 1.54) is 0 Å². The van der Waals surface area contributed by atoms with Gasteiger partial charge in [0.05, 0.1) is 12.1 Å². The Morgan fingerprint density at radius 1 is 1.40 bits per heavy atom. The van der Waals surface area contributed by atoms with Gasteiger partial charge in [-0.05, 0) is 38.0 Å². The van der Waals surface area contributed by atoms with Gasteiger partial charge in [0.1, 0.15) is 0 Å². The lowest BCUT2D eigenvalue weighted by atomic mass is 9.89. The van der Waals surface area contributed by atoms with Gasteiger partial charge in [-0.1, -0.05) is 13.0 Å². The zero-order valence-electron chi connectivity index (χ0n) is 12.2. The standard InChI is InChI=1S/C15H21N3O2/c1-4-10(2)18-14(16)17-8-15(18,3)11-5-6-12-13(7-11)20-9-19-12/h5-7,10H,4,8-9H2,1-3H3,(H2,16,17). The van der Waals surface area contributed by atoms with Crippen molar-refractivity contribution in [2.75, 3.05) is 13.3 Å². The van der Waals surface area contributed by atoms with Gasteiger partial charge in [-0.15, -0.1) is 0 Å². The average molecular weight is 275 g/mol. The van der Waals surface area contributed by atoms with Gasteiger partial charge in [-0.25, -0.2) is 0 Å². The van der Waals surface area contributed by atoms with Crippen molar-refractivity contribution in [3.8, 4) is 11.5 Å². The largest absolute Gasteiger partial charge is 0.454 e.